The van der Waals surface area contributed by atoms with E-state index in [0.717, 1.165) is 0 Å². The van der Waals surface area contributed by atoms with E-state index in [1.165, 1.54) is 11.8 Å². The molecule has 2 fully saturated rings. The highest BCUT2D eigenvalue weighted by Gasteiger charge is 2.49. The topological polar surface area (TPSA) is 58.9 Å². The standard InChI is InChI=1S/C9H16O4S/c1-9(2)12-7-5(10)3-14-4-6(11)8(7)13-9/h5-8,10-11H,3-4H2,1-2H3/t5-,6+,7+,8-. The van der Waals surface area contributed by atoms with Crippen LogP contribution < -0.4 is 0 Å². The van der Waals surface area contributed by atoms with E-state index in [1.54, 1.807) is 13.8 Å². The Labute approximate surface area is 87.6 Å². The lowest BCUT2D eigenvalue weighted by atomic mass is 10.1. The van der Waals surface area contributed by atoms with E-state index in [4.69, 9.17) is 9.47 Å². The van der Waals surface area contributed by atoms with Crippen LogP contribution in [0.15, 0.2) is 0 Å². The van der Waals surface area contributed by atoms with Gasteiger partial charge in [-0.2, -0.15) is 11.8 Å². The molecular weight excluding hydrogens is 204 g/mol. The molecular formula is C9H16O4S. The molecule has 0 aromatic carbocycles. The highest BCUT2D eigenvalue weighted by atomic mass is 32.2. The highest BCUT2D eigenvalue weighted by molar-refractivity contribution is 7.99. The Bertz CT molecular complexity index is 201. The Morgan fingerprint density at radius 3 is 1.93 bits per heavy atom. The number of ether oxygens (including phenoxy) is 2. The van der Waals surface area contributed by atoms with E-state index in [9.17, 15) is 10.2 Å². The van der Waals surface area contributed by atoms with Gasteiger partial charge < -0.3 is 19.7 Å². The van der Waals surface area contributed by atoms with Crippen LogP contribution in [0.1, 0.15) is 13.8 Å². The molecule has 0 aromatic rings. The summed E-state index contributed by atoms with van der Waals surface area (Å²) >= 11 is 1.53. The maximum atomic E-state index is 9.77. The number of aliphatic hydroxyl groups is 2. The quantitative estimate of drug-likeness (QED) is 0.600. The van der Waals surface area contributed by atoms with Crippen LogP contribution in [0.2, 0.25) is 0 Å². The summed E-state index contributed by atoms with van der Waals surface area (Å²) in [5.74, 6) is 0.495. The van der Waals surface area contributed by atoms with Crippen molar-refractivity contribution < 1.29 is 19.7 Å². The predicted octanol–water partition coefficient (Wildman–Crippen LogP) is -0.0249. The van der Waals surface area contributed by atoms with E-state index in [0.29, 0.717) is 11.5 Å². The number of hydrogen-bond acceptors (Lipinski definition) is 5. The first-order chi connectivity index (χ1) is 6.49. The van der Waals surface area contributed by atoms with Crippen LogP contribution in [-0.4, -0.2) is 51.9 Å². The van der Waals surface area contributed by atoms with Gasteiger partial charge in [0.1, 0.15) is 12.2 Å². The molecule has 2 aliphatic heterocycles. The number of thioether (sulfide) groups is 1. The summed E-state index contributed by atoms with van der Waals surface area (Å²) in [4.78, 5) is 0. The average Bonchev–Trinajstić information content (AvgIpc) is 2.35. The van der Waals surface area contributed by atoms with E-state index in [1.807, 2.05) is 0 Å². The Morgan fingerprint density at radius 1 is 1.07 bits per heavy atom. The minimum Gasteiger partial charge on any atom is -0.389 e. The Balaban J connectivity index is 2.16. The molecule has 0 radical (unpaired) electrons. The van der Waals surface area contributed by atoms with Crippen LogP contribution >= 0.6 is 11.8 Å². The lowest BCUT2D eigenvalue weighted by Crippen LogP contribution is -2.41. The Morgan fingerprint density at radius 2 is 1.50 bits per heavy atom. The number of fused-ring (bicyclic) bond motifs is 1. The van der Waals surface area contributed by atoms with Gasteiger partial charge in [0, 0.05) is 11.5 Å². The van der Waals surface area contributed by atoms with Crippen molar-refractivity contribution in [3.05, 3.63) is 0 Å². The third-order valence-corrected chi connectivity index (χ3v) is 3.65. The van der Waals surface area contributed by atoms with E-state index in [2.05, 4.69) is 0 Å². The molecule has 0 unspecified atom stereocenters. The SMILES string of the molecule is CC1(C)O[C@@H]2[C@H](O1)[C@@H](O)CSC[C@H]2O. The van der Waals surface area contributed by atoms with Crippen molar-refractivity contribution in [1.29, 1.82) is 0 Å². The molecule has 4 atom stereocenters. The first-order valence-electron chi connectivity index (χ1n) is 4.79. The van der Waals surface area contributed by atoms with Crippen molar-refractivity contribution in [2.45, 2.75) is 44.1 Å². The fourth-order valence-corrected chi connectivity index (χ4v) is 2.91. The van der Waals surface area contributed by atoms with Crippen LogP contribution in [0, 0.1) is 0 Å². The zero-order valence-electron chi connectivity index (χ0n) is 8.34. The molecule has 2 N–H and O–H groups in total. The third kappa shape index (κ3) is 1.92. The molecule has 0 saturated carbocycles. The summed E-state index contributed by atoms with van der Waals surface area (Å²) in [6.07, 6.45) is -1.89. The molecule has 82 valence electrons. The van der Waals surface area contributed by atoms with Gasteiger partial charge in [0.15, 0.2) is 5.79 Å². The van der Waals surface area contributed by atoms with Crippen molar-refractivity contribution >= 4 is 11.8 Å². The second-order valence-corrected chi connectivity index (χ2v) is 5.31. The summed E-state index contributed by atoms with van der Waals surface area (Å²) in [6.45, 7) is 3.60. The number of hydrogen-bond donors (Lipinski definition) is 2. The lowest BCUT2D eigenvalue weighted by molar-refractivity contribution is -0.159. The van der Waals surface area contributed by atoms with Gasteiger partial charge in [0.2, 0.25) is 0 Å². The zero-order chi connectivity index (χ0) is 10.3. The van der Waals surface area contributed by atoms with Crippen LogP contribution in [0.25, 0.3) is 0 Å². The first kappa shape index (κ1) is 10.7. The van der Waals surface area contributed by atoms with Crippen molar-refractivity contribution in [3.63, 3.8) is 0 Å². The van der Waals surface area contributed by atoms with Crippen molar-refractivity contribution in [2.24, 2.45) is 0 Å². The predicted molar refractivity (Wildman–Crippen MR) is 53.2 cm³/mol. The zero-order valence-corrected chi connectivity index (χ0v) is 9.16. The lowest BCUT2D eigenvalue weighted by Gasteiger charge is -2.20. The fraction of sp³-hybridized carbons (Fsp3) is 1.00. The molecule has 2 heterocycles. The van der Waals surface area contributed by atoms with Gasteiger partial charge in [-0.1, -0.05) is 0 Å². The second-order valence-electron chi connectivity index (χ2n) is 4.24. The van der Waals surface area contributed by atoms with Gasteiger partial charge in [0.25, 0.3) is 0 Å². The molecule has 2 rings (SSSR count). The molecule has 0 aliphatic carbocycles. The van der Waals surface area contributed by atoms with Gasteiger partial charge in [-0.3, -0.25) is 0 Å². The fourth-order valence-electron chi connectivity index (χ4n) is 1.91. The summed E-state index contributed by atoms with van der Waals surface area (Å²) in [7, 11) is 0. The van der Waals surface area contributed by atoms with Crippen molar-refractivity contribution in [2.75, 3.05) is 11.5 Å². The van der Waals surface area contributed by atoms with E-state index in [-0.39, 0.29) is 0 Å². The molecule has 5 heteroatoms. The third-order valence-electron chi connectivity index (χ3n) is 2.50. The Hall–Kier alpha value is 0.190. The van der Waals surface area contributed by atoms with Gasteiger partial charge in [-0.25, -0.2) is 0 Å². The molecule has 0 bridgehead atoms. The summed E-state index contributed by atoms with van der Waals surface area (Å²) in [5.41, 5.74) is 0. The maximum absolute atomic E-state index is 9.77. The van der Waals surface area contributed by atoms with Crippen LogP contribution in [0.5, 0.6) is 0 Å². The summed E-state index contributed by atoms with van der Waals surface area (Å²) in [6, 6.07) is 0. The van der Waals surface area contributed by atoms with Gasteiger partial charge >= 0.3 is 0 Å². The molecule has 4 nitrogen and oxygen atoms in total. The molecule has 2 saturated heterocycles. The normalized spacial score (nSPS) is 47.1. The molecule has 0 aromatic heterocycles. The Kier molecular flexibility index (Phi) is 2.79. The first-order valence-corrected chi connectivity index (χ1v) is 5.94. The largest absolute Gasteiger partial charge is 0.389 e. The van der Waals surface area contributed by atoms with Crippen LogP contribution in [0.4, 0.5) is 0 Å². The monoisotopic (exact) mass is 220 g/mol. The molecule has 14 heavy (non-hydrogen) atoms. The van der Waals surface area contributed by atoms with E-state index < -0.39 is 30.2 Å². The van der Waals surface area contributed by atoms with Gasteiger partial charge in [0.05, 0.1) is 12.2 Å². The summed E-state index contributed by atoms with van der Waals surface area (Å²) in [5, 5.41) is 19.5. The van der Waals surface area contributed by atoms with Gasteiger partial charge in [-0.15, -0.1) is 0 Å². The second kappa shape index (κ2) is 3.64. The van der Waals surface area contributed by atoms with E-state index >= 15 is 0 Å². The minimum absolute atomic E-state index is 0.394. The van der Waals surface area contributed by atoms with Crippen LogP contribution in [-0.2, 0) is 9.47 Å². The average molecular weight is 220 g/mol. The maximum Gasteiger partial charge on any atom is 0.164 e. The number of aliphatic hydroxyl groups excluding tert-OH is 2. The highest BCUT2D eigenvalue weighted by Crippen LogP contribution is 2.35. The smallest absolute Gasteiger partial charge is 0.164 e. The van der Waals surface area contributed by atoms with Crippen molar-refractivity contribution in [3.8, 4) is 0 Å². The molecule has 0 spiro atoms. The van der Waals surface area contributed by atoms with Crippen molar-refractivity contribution in [1.82, 2.24) is 0 Å². The minimum atomic E-state index is -0.695. The molecule has 2 aliphatic rings. The number of rotatable bonds is 0. The van der Waals surface area contributed by atoms with Gasteiger partial charge in [-0.05, 0) is 13.8 Å². The van der Waals surface area contributed by atoms with Crippen LogP contribution in [0.3, 0.4) is 0 Å². The summed E-state index contributed by atoms with van der Waals surface area (Å²) < 4.78 is 11.1. The molecule has 0 amide bonds.